The van der Waals surface area contributed by atoms with E-state index in [9.17, 15) is 14.0 Å². The lowest BCUT2D eigenvalue weighted by molar-refractivity contribution is -0.132. The van der Waals surface area contributed by atoms with Crippen LogP contribution in [-0.2, 0) is 9.59 Å². The van der Waals surface area contributed by atoms with Crippen molar-refractivity contribution in [1.29, 1.82) is 0 Å². The minimum Gasteiger partial charge on any atom is -0.342 e. The third kappa shape index (κ3) is 5.91. The van der Waals surface area contributed by atoms with Gasteiger partial charge in [-0.1, -0.05) is 11.6 Å². The zero-order valence-electron chi connectivity index (χ0n) is 16.8. The summed E-state index contributed by atoms with van der Waals surface area (Å²) in [4.78, 5) is 26.9. The molecule has 28 heavy (non-hydrogen) atoms. The second-order valence-electron chi connectivity index (χ2n) is 8.18. The van der Waals surface area contributed by atoms with E-state index in [1.54, 1.807) is 13.0 Å². The third-order valence-electron chi connectivity index (χ3n) is 5.88. The Balaban J connectivity index is 1.44. The Labute approximate surface area is 167 Å². The van der Waals surface area contributed by atoms with Crippen LogP contribution >= 0.6 is 0 Å². The number of amides is 2. The third-order valence-corrected chi connectivity index (χ3v) is 5.88. The van der Waals surface area contributed by atoms with Gasteiger partial charge in [0.25, 0.3) is 0 Å². The van der Waals surface area contributed by atoms with Gasteiger partial charge in [-0.2, -0.15) is 0 Å². The van der Waals surface area contributed by atoms with Gasteiger partial charge in [-0.05, 0) is 81.5 Å². The predicted molar refractivity (Wildman–Crippen MR) is 109 cm³/mol. The van der Waals surface area contributed by atoms with E-state index >= 15 is 0 Å². The molecule has 5 heteroatoms. The largest absolute Gasteiger partial charge is 0.342 e. The van der Waals surface area contributed by atoms with E-state index in [4.69, 9.17) is 0 Å². The second-order valence-corrected chi connectivity index (χ2v) is 8.18. The van der Waals surface area contributed by atoms with Crippen molar-refractivity contribution >= 4 is 17.5 Å². The quantitative estimate of drug-likeness (QED) is 0.701. The first-order chi connectivity index (χ1) is 13.5. The van der Waals surface area contributed by atoms with Crippen molar-refractivity contribution in [2.75, 3.05) is 18.4 Å². The number of hydrogen-bond donors (Lipinski definition) is 1. The van der Waals surface area contributed by atoms with Crippen molar-refractivity contribution in [3.63, 3.8) is 0 Å². The molecule has 1 aromatic carbocycles. The molecule has 0 saturated carbocycles. The molecule has 0 spiro atoms. The highest BCUT2D eigenvalue weighted by atomic mass is 19.1. The average molecular weight is 387 g/mol. The van der Waals surface area contributed by atoms with Gasteiger partial charge in [-0.25, -0.2) is 4.39 Å². The molecule has 1 heterocycles. The van der Waals surface area contributed by atoms with Crippen molar-refractivity contribution in [3.05, 3.63) is 41.2 Å². The lowest BCUT2D eigenvalue weighted by Gasteiger charge is -2.33. The maximum atomic E-state index is 13.2. The molecule has 3 rings (SSSR count). The molecule has 1 atom stereocenters. The van der Waals surface area contributed by atoms with Crippen molar-refractivity contribution in [1.82, 2.24) is 4.90 Å². The van der Waals surface area contributed by atoms with E-state index in [1.165, 1.54) is 30.5 Å². The van der Waals surface area contributed by atoms with Crippen LogP contribution in [0.2, 0.25) is 0 Å². The number of benzene rings is 1. The smallest absolute Gasteiger partial charge is 0.226 e. The van der Waals surface area contributed by atoms with E-state index in [0.29, 0.717) is 24.4 Å². The van der Waals surface area contributed by atoms with Crippen LogP contribution in [0, 0.1) is 18.7 Å². The number of carbonyl (C=O) groups excluding carboxylic acids is 2. The van der Waals surface area contributed by atoms with E-state index < -0.39 is 0 Å². The average Bonchev–Trinajstić information content (AvgIpc) is 2.69. The van der Waals surface area contributed by atoms with Crippen LogP contribution in [0.25, 0.3) is 0 Å². The first kappa shape index (κ1) is 20.6. The lowest BCUT2D eigenvalue weighted by atomic mass is 9.92. The molecule has 1 fully saturated rings. The number of likely N-dealkylation sites (tertiary alicyclic amines) is 1. The van der Waals surface area contributed by atoms with Gasteiger partial charge in [0.2, 0.25) is 11.8 Å². The standard InChI is InChI=1S/C23H31FN2O2/c1-17-14-20(24)10-11-21(17)25-22(27)12-9-19-8-5-13-26(16-19)23(28)15-18-6-3-2-4-7-18/h6,10-11,14,19H,2-5,7-9,12-13,15-16H2,1H3,(H,25,27). The van der Waals surface area contributed by atoms with Crippen molar-refractivity contribution in [3.8, 4) is 0 Å². The number of hydrogen-bond acceptors (Lipinski definition) is 2. The molecular weight excluding hydrogens is 355 g/mol. The number of anilines is 1. The van der Waals surface area contributed by atoms with Gasteiger partial charge in [0, 0.05) is 31.6 Å². The number of halogens is 1. The van der Waals surface area contributed by atoms with Crippen molar-refractivity contribution in [2.45, 2.75) is 64.7 Å². The lowest BCUT2D eigenvalue weighted by Crippen LogP contribution is -2.40. The SMILES string of the molecule is Cc1cc(F)ccc1NC(=O)CCC1CCCN(C(=O)CC2=CCCCC2)C1. The summed E-state index contributed by atoms with van der Waals surface area (Å²) in [6, 6.07) is 4.38. The highest BCUT2D eigenvalue weighted by molar-refractivity contribution is 5.91. The second kappa shape index (κ2) is 9.85. The molecule has 0 aromatic heterocycles. The number of rotatable bonds is 6. The molecule has 1 N–H and O–H groups in total. The van der Waals surface area contributed by atoms with Crippen LogP contribution in [0.3, 0.4) is 0 Å². The summed E-state index contributed by atoms with van der Waals surface area (Å²) in [5, 5.41) is 2.87. The summed E-state index contributed by atoms with van der Waals surface area (Å²) in [6.07, 6.45) is 10.7. The zero-order valence-corrected chi connectivity index (χ0v) is 16.8. The summed E-state index contributed by atoms with van der Waals surface area (Å²) in [6.45, 7) is 3.38. The first-order valence-electron chi connectivity index (χ1n) is 10.5. The maximum Gasteiger partial charge on any atom is 0.226 e. The Morgan fingerprint density at radius 1 is 1.25 bits per heavy atom. The number of carbonyl (C=O) groups is 2. The first-order valence-corrected chi connectivity index (χ1v) is 10.5. The Bertz CT molecular complexity index is 744. The molecule has 1 aliphatic heterocycles. The number of nitrogens with zero attached hydrogens (tertiary/aromatic N) is 1. The summed E-state index contributed by atoms with van der Waals surface area (Å²) in [5.41, 5.74) is 2.68. The molecule has 1 aromatic rings. The Morgan fingerprint density at radius 2 is 2.11 bits per heavy atom. The van der Waals surface area contributed by atoms with Gasteiger partial charge in [0.15, 0.2) is 0 Å². The molecule has 4 nitrogen and oxygen atoms in total. The van der Waals surface area contributed by atoms with Crippen LogP contribution in [0.1, 0.15) is 63.4 Å². The van der Waals surface area contributed by atoms with Gasteiger partial charge in [0.1, 0.15) is 5.82 Å². The van der Waals surface area contributed by atoms with Gasteiger partial charge in [0.05, 0.1) is 0 Å². The van der Waals surface area contributed by atoms with Crippen LogP contribution in [0.4, 0.5) is 10.1 Å². The van der Waals surface area contributed by atoms with Gasteiger partial charge < -0.3 is 10.2 Å². The van der Waals surface area contributed by atoms with E-state index in [0.717, 1.165) is 50.8 Å². The highest BCUT2D eigenvalue weighted by Gasteiger charge is 2.24. The number of nitrogens with one attached hydrogen (secondary N) is 1. The fourth-order valence-electron chi connectivity index (χ4n) is 4.21. The number of allylic oxidation sites excluding steroid dienone is 1. The van der Waals surface area contributed by atoms with Gasteiger partial charge in [-0.3, -0.25) is 9.59 Å². The normalized spacial score (nSPS) is 19.9. The molecule has 2 amide bonds. The Morgan fingerprint density at radius 3 is 2.86 bits per heavy atom. The Kier molecular flexibility index (Phi) is 7.24. The molecule has 1 aliphatic carbocycles. The van der Waals surface area contributed by atoms with E-state index in [-0.39, 0.29) is 17.6 Å². The molecule has 1 unspecified atom stereocenters. The molecule has 0 radical (unpaired) electrons. The molecule has 2 aliphatic rings. The molecule has 0 bridgehead atoms. The fourth-order valence-corrected chi connectivity index (χ4v) is 4.21. The topological polar surface area (TPSA) is 49.4 Å². The van der Waals surface area contributed by atoms with Crippen LogP contribution in [-0.4, -0.2) is 29.8 Å². The summed E-state index contributed by atoms with van der Waals surface area (Å²) >= 11 is 0. The van der Waals surface area contributed by atoms with E-state index in [1.807, 2.05) is 4.90 Å². The van der Waals surface area contributed by atoms with Crippen LogP contribution < -0.4 is 5.32 Å². The number of aryl methyl sites for hydroxylation is 1. The van der Waals surface area contributed by atoms with Gasteiger partial charge in [-0.15, -0.1) is 0 Å². The summed E-state index contributed by atoms with van der Waals surface area (Å²) < 4.78 is 13.2. The highest BCUT2D eigenvalue weighted by Crippen LogP contribution is 2.25. The molecule has 152 valence electrons. The predicted octanol–water partition coefficient (Wildman–Crippen LogP) is 4.98. The maximum absolute atomic E-state index is 13.2. The van der Waals surface area contributed by atoms with E-state index in [2.05, 4.69) is 11.4 Å². The van der Waals surface area contributed by atoms with Crippen molar-refractivity contribution in [2.24, 2.45) is 5.92 Å². The van der Waals surface area contributed by atoms with Crippen molar-refractivity contribution < 1.29 is 14.0 Å². The monoisotopic (exact) mass is 386 g/mol. The fraction of sp³-hybridized carbons (Fsp3) is 0.565. The van der Waals surface area contributed by atoms with Crippen LogP contribution in [0.5, 0.6) is 0 Å². The number of piperidine rings is 1. The molecule has 1 saturated heterocycles. The minimum absolute atomic E-state index is 0.0504. The summed E-state index contributed by atoms with van der Waals surface area (Å²) in [5.74, 6) is 0.263. The summed E-state index contributed by atoms with van der Waals surface area (Å²) in [7, 11) is 0. The molecular formula is C23H31FN2O2. The Hall–Kier alpha value is -2.17. The van der Waals surface area contributed by atoms with Gasteiger partial charge >= 0.3 is 0 Å². The zero-order chi connectivity index (χ0) is 19.9. The van der Waals surface area contributed by atoms with Crippen LogP contribution in [0.15, 0.2) is 29.8 Å². The minimum atomic E-state index is -0.300.